The van der Waals surface area contributed by atoms with Crippen LogP contribution in [0.5, 0.6) is 0 Å². The first-order valence-electron chi connectivity index (χ1n) is 7.47. The summed E-state index contributed by atoms with van der Waals surface area (Å²) in [5.41, 5.74) is 7.45. The summed E-state index contributed by atoms with van der Waals surface area (Å²) in [7, 11) is 0. The molecule has 2 aliphatic carbocycles. The second-order valence-corrected chi connectivity index (χ2v) is 7.32. The first-order chi connectivity index (χ1) is 9.66. The molecule has 0 atom stereocenters. The molecule has 0 heterocycles. The number of carbonyl (C=O) groups is 1. The minimum absolute atomic E-state index is 0.0434. The molecule has 2 aliphatic rings. The van der Waals surface area contributed by atoms with Crippen LogP contribution in [0, 0.1) is 0 Å². The van der Waals surface area contributed by atoms with Crippen molar-refractivity contribution in [1.29, 1.82) is 0 Å². The number of nitrogens with one attached hydrogen (secondary N) is 1. The number of amides is 1. The lowest BCUT2D eigenvalue weighted by atomic mass is 10.2. The summed E-state index contributed by atoms with van der Waals surface area (Å²) in [4.78, 5) is 11.9. The van der Waals surface area contributed by atoms with Gasteiger partial charge in [-0.2, -0.15) is 11.8 Å². The third-order valence-electron chi connectivity index (χ3n) is 4.21. The van der Waals surface area contributed by atoms with Crippen molar-refractivity contribution < 1.29 is 4.79 Å². The minimum atomic E-state index is -0.603. The van der Waals surface area contributed by atoms with E-state index in [1.165, 1.54) is 31.2 Å². The Kier molecular flexibility index (Phi) is 4.03. The maximum Gasteiger partial charge on any atom is 0.244 e. The fourth-order valence-electron chi connectivity index (χ4n) is 2.63. The Morgan fingerprint density at radius 1 is 1.35 bits per heavy atom. The number of rotatable bonds is 5. The highest BCUT2D eigenvalue weighted by atomic mass is 32.2. The van der Waals surface area contributed by atoms with Crippen LogP contribution in [0.4, 0.5) is 5.69 Å². The quantitative estimate of drug-likeness (QED) is 0.875. The SMILES string of the molecule is NC1(C(=O)Nc2cccc(CSC3CCCC3)c2)CC1. The summed E-state index contributed by atoms with van der Waals surface area (Å²) in [6.07, 6.45) is 7.08. The summed E-state index contributed by atoms with van der Waals surface area (Å²) >= 11 is 2.05. The van der Waals surface area contributed by atoms with E-state index in [1.807, 2.05) is 23.9 Å². The fourth-order valence-corrected chi connectivity index (χ4v) is 3.90. The molecule has 1 aromatic rings. The highest BCUT2D eigenvalue weighted by Gasteiger charge is 2.45. The van der Waals surface area contributed by atoms with E-state index < -0.39 is 5.54 Å². The number of nitrogens with two attached hydrogens (primary N) is 1. The summed E-state index contributed by atoms with van der Waals surface area (Å²) in [6, 6.07) is 8.15. The van der Waals surface area contributed by atoms with E-state index in [0.717, 1.165) is 29.5 Å². The van der Waals surface area contributed by atoms with Crippen LogP contribution in [0.3, 0.4) is 0 Å². The Bertz CT molecular complexity index is 493. The van der Waals surface area contributed by atoms with E-state index in [1.54, 1.807) is 0 Å². The number of thioether (sulfide) groups is 1. The van der Waals surface area contributed by atoms with Crippen LogP contribution >= 0.6 is 11.8 Å². The van der Waals surface area contributed by atoms with Gasteiger partial charge in [-0.25, -0.2) is 0 Å². The van der Waals surface area contributed by atoms with Gasteiger partial charge in [0, 0.05) is 16.7 Å². The first-order valence-corrected chi connectivity index (χ1v) is 8.51. The minimum Gasteiger partial charge on any atom is -0.324 e. The second-order valence-electron chi connectivity index (χ2n) is 6.03. The van der Waals surface area contributed by atoms with Gasteiger partial charge in [0.1, 0.15) is 0 Å². The van der Waals surface area contributed by atoms with E-state index in [4.69, 9.17) is 5.73 Å². The molecule has 108 valence electrons. The normalized spacial score (nSPS) is 20.9. The van der Waals surface area contributed by atoms with Gasteiger partial charge in [-0.05, 0) is 43.4 Å². The van der Waals surface area contributed by atoms with Crippen molar-refractivity contribution in [2.24, 2.45) is 5.73 Å². The van der Waals surface area contributed by atoms with Gasteiger partial charge in [-0.15, -0.1) is 0 Å². The van der Waals surface area contributed by atoms with Crippen LogP contribution in [-0.4, -0.2) is 16.7 Å². The van der Waals surface area contributed by atoms with Gasteiger partial charge >= 0.3 is 0 Å². The van der Waals surface area contributed by atoms with Gasteiger partial charge in [-0.3, -0.25) is 4.79 Å². The van der Waals surface area contributed by atoms with E-state index in [2.05, 4.69) is 17.4 Å². The Balaban J connectivity index is 1.56. The molecule has 20 heavy (non-hydrogen) atoms. The molecule has 1 aromatic carbocycles. The van der Waals surface area contributed by atoms with Crippen LogP contribution in [0.25, 0.3) is 0 Å². The maximum atomic E-state index is 11.9. The molecule has 0 spiro atoms. The van der Waals surface area contributed by atoms with Gasteiger partial charge < -0.3 is 11.1 Å². The molecular formula is C16H22N2OS. The zero-order valence-electron chi connectivity index (χ0n) is 11.7. The molecule has 0 aliphatic heterocycles. The molecule has 0 unspecified atom stereocenters. The predicted molar refractivity (Wildman–Crippen MR) is 84.8 cm³/mol. The van der Waals surface area contributed by atoms with Gasteiger partial charge in [0.05, 0.1) is 5.54 Å². The topological polar surface area (TPSA) is 55.1 Å². The lowest BCUT2D eigenvalue weighted by molar-refractivity contribution is -0.118. The van der Waals surface area contributed by atoms with Crippen molar-refractivity contribution in [2.45, 2.75) is 55.1 Å². The number of carbonyl (C=O) groups excluding carboxylic acids is 1. The van der Waals surface area contributed by atoms with E-state index >= 15 is 0 Å². The molecule has 0 radical (unpaired) electrons. The van der Waals surface area contributed by atoms with E-state index in [-0.39, 0.29) is 5.91 Å². The zero-order valence-corrected chi connectivity index (χ0v) is 12.5. The molecule has 3 N–H and O–H groups in total. The maximum absolute atomic E-state index is 11.9. The van der Waals surface area contributed by atoms with Crippen LogP contribution in [-0.2, 0) is 10.5 Å². The number of hydrogen-bond donors (Lipinski definition) is 2. The highest BCUT2D eigenvalue weighted by Crippen LogP contribution is 2.34. The van der Waals surface area contributed by atoms with Crippen LogP contribution in [0.1, 0.15) is 44.1 Å². The van der Waals surface area contributed by atoms with Gasteiger partial charge in [0.2, 0.25) is 5.91 Å². The lowest BCUT2D eigenvalue weighted by Gasteiger charge is -2.12. The average molecular weight is 290 g/mol. The Hall–Kier alpha value is -1.00. The van der Waals surface area contributed by atoms with Crippen molar-refractivity contribution in [1.82, 2.24) is 0 Å². The zero-order chi connectivity index (χ0) is 14.0. The van der Waals surface area contributed by atoms with Crippen LogP contribution < -0.4 is 11.1 Å². The van der Waals surface area contributed by atoms with Gasteiger partial charge in [-0.1, -0.05) is 25.0 Å². The molecular weight excluding hydrogens is 268 g/mol. The number of hydrogen-bond acceptors (Lipinski definition) is 3. The molecule has 0 saturated heterocycles. The summed E-state index contributed by atoms with van der Waals surface area (Å²) in [5, 5.41) is 3.77. The molecule has 1 amide bonds. The molecule has 2 fully saturated rings. The van der Waals surface area contributed by atoms with E-state index in [0.29, 0.717) is 0 Å². The molecule has 4 heteroatoms. The molecule has 3 nitrogen and oxygen atoms in total. The van der Waals surface area contributed by atoms with Gasteiger partial charge in [0.15, 0.2) is 0 Å². The molecule has 3 rings (SSSR count). The third kappa shape index (κ3) is 3.36. The van der Waals surface area contributed by atoms with Crippen molar-refractivity contribution in [2.75, 3.05) is 5.32 Å². The van der Waals surface area contributed by atoms with Crippen molar-refractivity contribution >= 4 is 23.4 Å². The Morgan fingerprint density at radius 3 is 2.80 bits per heavy atom. The Morgan fingerprint density at radius 2 is 2.10 bits per heavy atom. The van der Waals surface area contributed by atoms with Crippen LogP contribution in [0.2, 0.25) is 0 Å². The fraction of sp³-hybridized carbons (Fsp3) is 0.562. The molecule has 0 bridgehead atoms. The van der Waals surface area contributed by atoms with E-state index in [9.17, 15) is 4.79 Å². The highest BCUT2D eigenvalue weighted by molar-refractivity contribution is 7.99. The smallest absolute Gasteiger partial charge is 0.244 e. The first kappa shape index (κ1) is 14.0. The second kappa shape index (κ2) is 5.78. The Labute approximate surface area is 124 Å². The predicted octanol–water partition coefficient (Wildman–Crippen LogP) is 3.29. The summed E-state index contributed by atoms with van der Waals surface area (Å²) in [6.45, 7) is 0. The molecule has 0 aromatic heterocycles. The van der Waals surface area contributed by atoms with Crippen molar-refractivity contribution in [3.8, 4) is 0 Å². The van der Waals surface area contributed by atoms with Crippen LogP contribution in [0.15, 0.2) is 24.3 Å². The lowest BCUT2D eigenvalue weighted by Crippen LogP contribution is -2.37. The van der Waals surface area contributed by atoms with Crippen molar-refractivity contribution in [3.05, 3.63) is 29.8 Å². The standard InChI is InChI=1S/C16H22N2OS/c17-16(8-9-16)15(19)18-13-5-3-4-12(10-13)11-20-14-6-1-2-7-14/h3-5,10,14H,1-2,6-9,11,17H2,(H,18,19). The summed E-state index contributed by atoms with van der Waals surface area (Å²) in [5.74, 6) is 0.986. The monoisotopic (exact) mass is 290 g/mol. The number of benzene rings is 1. The largest absolute Gasteiger partial charge is 0.324 e. The number of anilines is 1. The van der Waals surface area contributed by atoms with Crippen molar-refractivity contribution in [3.63, 3.8) is 0 Å². The third-order valence-corrected chi connectivity index (χ3v) is 5.66. The average Bonchev–Trinajstić information content (AvgIpc) is 3.01. The van der Waals surface area contributed by atoms with Gasteiger partial charge in [0.25, 0.3) is 0 Å². The summed E-state index contributed by atoms with van der Waals surface area (Å²) < 4.78 is 0. The molecule has 2 saturated carbocycles.